The third kappa shape index (κ3) is 6.17. The standard InChI is InChI=1S/C28H26N2O6/c1-35-23-9-5-8-21(15-23)26-17-24(30-36-26)27(32)29-22(16-25(31)28(33)34)14-18-10-12-20(13-11-18)19-6-3-2-4-7-19/h2-13,15,17,22,25,31H,14,16H2,1H3,(H,29,32)(H,33,34)/t22-,25-/m1/s1. The summed E-state index contributed by atoms with van der Waals surface area (Å²) in [6.45, 7) is 0. The molecule has 8 nitrogen and oxygen atoms in total. The van der Waals surface area contributed by atoms with Crippen molar-refractivity contribution in [2.24, 2.45) is 0 Å². The number of carboxylic acid groups (broad SMARTS) is 1. The number of aromatic nitrogens is 1. The van der Waals surface area contributed by atoms with Gasteiger partial charge < -0.3 is 24.8 Å². The first-order valence-corrected chi connectivity index (χ1v) is 11.4. The summed E-state index contributed by atoms with van der Waals surface area (Å²) in [6.07, 6.45) is -1.46. The largest absolute Gasteiger partial charge is 0.497 e. The van der Waals surface area contributed by atoms with Gasteiger partial charge in [0.05, 0.1) is 7.11 Å². The van der Waals surface area contributed by atoms with E-state index in [9.17, 15) is 19.8 Å². The average Bonchev–Trinajstić information content (AvgIpc) is 3.40. The lowest BCUT2D eigenvalue weighted by Gasteiger charge is -2.20. The number of benzene rings is 3. The van der Waals surface area contributed by atoms with E-state index >= 15 is 0 Å². The molecule has 4 aromatic rings. The molecule has 0 saturated heterocycles. The quantitative estimate of drug-likeness (QED) is 0.307. The van der Waals surface area contributed by atoms with Crippen molar-refractivity contribution in [3.8, 4) is 28.2 Å². The number of hydrogen-bond acceptors (Lipinski definition) is 6. The fourth-order valence-corrected chi connectivity index (χ4v) is 3.87. The van der Waals surface area contributed by atoms with Crippen molar-refractivity contribution < 1.29 is 29.1 Å². The Balaban J connectivity index is 1.48. The second-order valence-corrected chi connectivity index (χ2v) is 8.34. The monoisotopic (exact) mass is 486 g/mol. The van der Waals surface area contributed by atoms with Gasteiger partial charge in [-0.1, -0.05) is 71.9 Å². The van der Waals surface area contributed by atoms with E-state index in [4.69, 9.17) is 9.26 Å². The summed E-state index contributed by atoms with van der Waals surface area (Å²) in [7, 11) is 1.55. The number of nitrogens with one attached hydrogen (secondary N) is 1. The minimum Gasteiger partial charge on any atom is -0.497 e. The molecule has 0 spiro atoms. The minimum atomic E-state index is -1.62. The van der Waals surface area contributed by atoms with Crippen LogP contribution in [0.1, 0.15) is 22.5 Å². The van der Waals surface area contributed by atoms with E-state index in [-0.39, 0.29) is 12.1 Å². The predicted octanol–water partition coefficient (Wildman–Crippen LogP) is 4.19. The molecule has 4 rings (SSSR count). The molecule has 0 saturated carbocycles. The van der Waals surface area contributed by atoms with Crippen LogP contribution in [0, 0.1) is 0 Å². The van der Waals surface area contributed by atoms with Crippen molar-refractivity contribution >= 4 is 11.9 Å². The van der Waals surface area contributed by atoms with Crippen LogP contribution in [-0.4, -0.2) is 46.5 Å². The van der Waals surface area contributed by atoms with E-state index in [1.807, 2.05) is 54.6 Å². The van der Waals surface area contributed by atoms with Gasteiger partial charge in [0.2, 0.25) is 0 Å². The fraction of sp³-hybridized carbons (Fsp3) is 0.179. The van der Waals surface area contributed by atoms with Gasteiger partial charge in [-0.2, -0.15) is 0 Å². The lowest BCUT2D eigenvalue weighted by atomic mass is 9.97. The van der Waals surface area contributed by atoms with Crippen LogP contribution >= 0.6 is 0 Å². The Morgan fingerprint density at radius 2 is 1.64 bits per heavy atom. The van der Waals surface area contributed by atoms with Gasteiger partial charge in [-0.15, -0.1) is 0 Å². The molecular weight excluding hydrogens is 460 g/mol. The van der Waals surface area contributed by atoms with Crippen molar-refractivity contribution in [1.29, 1.82) is 0 Å². The number of hydrogen-bond donors (Lipinski definition) is 3. The predicted molar refractivity (Wildman–Crippen MR) is 134 cm³/mol. The molecule has 0 aliphatic rings. The van der Waals surface area contributed by atoms with Crippen LogP contribution in [0.2, 0.25) is 0 Å². The number of nitrogens with zero attached hydrogens (tertiary/aromatic N) is 1. The molecule has 0 unspecified atom stereocenters. The van der Waals surface area contributed by atoms with Crippen LogP contribution in [0.15, 0.2) is 89.5 Å². The van der Waals surface area contributed by atoms with Gasteiger partial charge in [-0.05, 0) is 35.2 Å². The van der Waals surface area contributed by atoms with Crippen LogP contribution < -0.4 is 10.1 Å². The summed E-state index contributed by atoms with van der Waals surface area (Å²) in [5, 5.41) is 25.8. The lowest BCUT2D eigenvalue weighted by molar-refractivity contribution is -0.147. The highest BCUT2D eigenvalue weighted by atomic mass is 16.5. The molecule has 0 radical (unpaired) electrons. The molecule has 3 aromatic carbocycles. The molecule has 3 N–H and O–H groups in total. The zero-order valence-electron chi connectivity index (χ0n) is 19.6. The third-order valence-corrected chi connectivity index (χ3v) is 5.77. The van der Waals surface area contributed by atoms with Gasteiger partial charge >= 0.3 is 5.97 Å². The normalized spacial score (nSPS) is 12.5. The first kappa shape index (κ1) is 24.7. The Morgan fingerprint density at radius 1 is 0.944 bits per heavy atom. The van der Waals surface area contributed by atoms with Crippen LogP contribution in [-0.2, 0) is 11.2 Å². The van der Waals surface area contributed by atoms with Gasteiger partial charge in [0.1, 0.15) is 5.75 Å². The topological polar surface area (TPSA) is 122 Å². The molecule has 1 heterocycles. The fourth-order valence-electron chi connectivity index (χ4n) is 3.87. The molecule has 36 heavy (non-hydrogen) atoms. The van der Waals surface area contributed by atoms with E-state index < -0.39 is 24.0 Å². The van der Waals surface area contributed by atoms with Crippen molar-refractivity contribution in [3.05, 3.63) is 96.2 Å². The molecule has 0 fully saturated rings. The maximum Gasteiger partial charge on any atom is 0.332 e. The number of methoxy groups -OCH3 is 1. The average molecular weight is 487 g/mol. The first-order chi connectivity index (χ1) is 17.4. The van der Waals surface area contributed by atoms with Crippen molar-refractivity contribution in [2.75, 3.05) is 7.11 Å². The molecule has 1 amide bonds. The van der Waals surface area contributed by atoms with E-state index in [1.54, 1.807) is 31.4 Å². The second-order valence-electron chi connectivity index (χ2n) is 8.34. The summed E-state index contributed by atoms with van der Waals surface area (Å²) in [6, 6.07) is 25.7. The van der Waals surface area contributed by atoms with Crippen molar-refractivity contribution in [2.45, 2.75) is 25.0 Å². The van der Waals surface area contributed by atoms with Gasteiger partial charge in [-0.25, -0.2) is 4.79 Å². The lowest BCUT2D eigenvalue weighted by Crippen LogP contribution is -2.40. The van der Waals surface area contributed by atoms with Crippen molar-refractivity contribution in [3.63, 3.8) is 0 Å². The highest BCUT2D eigenvalue weighted by molar-refractivity contribution is 5.93. The Hall–Kier alpha value is -4.43. The number of aliphatic carboxylic acids is 1. The summed E-state index contributed by atoms with van der Waals surface area (Å²) >= 11 is 0. The smallest absolute Gasteiger partial charge is 0.332 e. The third-order valence-electron chi connectivity index (χ3n) is 5.77. The van der Waals surface area contributed by atoms with E-state index in [0.29, 0.717) is 23.5 Å². The number of carbonyl (C=O) groups excluding carboxylic acids is 1. The Labute approximate surface area is 208 Å². The maximum absolute atomic E-state index is 12.9. The summed E-state index contributed by atoms with van der Waals surface area (Å²) < 4.78 is 10.6. The van der Waals surface area contributed by atoms with Crippen LogP contribution in [0.4, 0.5) is 0 Å². The molecular formula is C28H26N2O6. The molecule has 1 aromatic heterocycles. The van der Waals surface area contributed by atoms with Crippen LogP contribution in [0.25, 0.3) is 22.5 Å². The summed E-state index contributed by atoms with van der Waals surface area (Å²) in [4.78, 5) is 24.2. The Kier molecular flexibility index (Phi) is 7.77. The number of carbonyl (C=O) groups is 2. The summed E-state index contributed by atoms with van der Waals surface area (Å²) in [5.74, 6) is -0.861. The molecule has 0 aliphatic heterocycles. The highest BCUT2D eigenvalue weighted by Crippen LogP contribution is 2.25. The molecule has 184 valence electrons. The molecule has 2 atom stereocenters. The number of carboxylic acids is 1. The number of aliphatic hydroxyl groups is 1. The van der Waals surface area contributed by atoms with Gasteiger partial charge in [0.15, 0.2) is 17.6 Å². The second kappa shape index (κ2) is 11.3. The zero-order chi connectivity index (χ0) is 25.5. The SMILES string of the molecule is COc1cccc(-c2cc(C(=O)N[C@H](Cc3ccc(-c4ccccc4)cc3)C[C@@H](O)C(=O)O)no2)c1. The Morgan fingerprint density at radius 3 is 2.33 bits per heavy atom. The van der Waals surface area contributed by atoms with Gasteiger partial charge in [-0.3, -0.25) is 4.79 Å². The van der Waals surface area contributed by atoms with Crippen molar-refractivity contribution in [1.82, 2.24) is 10.5 Å². The molecule has 0 bridgehead atoms. The zero-order valence-corrected chi connectivity index (χ0v) is 19.6. The molecule has 0 aliphatic carbocycles. The van der Waals surface area contributed by atoms with E-state index in [2.05, 4.69) is 10.5 Å². The van der Waals surface area contributed by atoms with Crippen LogP contribution in [0.5, 0.6) is 5.75 Å². The number of ether oxygens (including phenoxy) is 1. The summed E-state index contributed by atoms with van der Waals surface area (Å²) in [5.41, 5.74) is 3.74. The number of aliphatic hydroxyl groups excluding tert-OH is 1. The van der Waals surface area contributed by atoms with E-state index in [0.717, 1.165) is 16.7 Å². The minimum absolute atomic E-state index is 0.0436. The van der Waals surface area contributed by atoms with Crippen LogP contribution in [0.3, 0.4) is 0 Å². The first-order valence-electron chi connectivity index (χ1n) is 11.4. The maximum atomic E-state index is 12.9. The number of amides is 1. The van der Waals surface area contributed by atoms with Gasteiger partial charge in [0, 0.05) is 24.1 Å². The molecule has 8 heteroatoms. The number of rotatable bonds is 10. The van der Waals surface area contributed by atoms with E-state index in [1.165, 1.54) is 6.07 Å². The Bertz CT molecular complexity index is 1320. The highest BCUT2D eigenvalue weighted by Gasteiger charge is 2.24. The van der Waals surface area contributed by atoms with Gasteiger partial charge in [0.25, 0.3) is 5.91 Å².